The fourth-order valence-electron chi connectivity index (χ4n) is 1.52. The molecular weight excluding hydrogens is 186 g/mol. The summed E-state index contributed by atoms with van der Waals surface area (Å²) in [5.74, 6) is 0. The summed E-state index contributed by atoms with van der Waals surface area (Å²) >= 11 is 0. The molecular formula is C11H18B2O2. The highest BCUT2D eigenvalue weighted by molar-refractivity contribution is 6.59. The van der Waals surface area contributed by atoms with Crippen LogP contribution in [0.1, 0.15) is 26.3 Å². The predicted octanol–water partition coefficient (Wildman–Crippen LogP) is 0.521. The van der Waals surface area contributed by atoms with Gasteiger partial charge in [-0.15, -0.1) is 0 Å². The van der Waals surface area contributed by atoms with Gasteiger partial charge in [0, 0.05) is 0 Å². The maximum Gasteiger partial charge on any atom is 0.488 e. The van der Waals surface area contributed by atoms with Gasteiger partial charge in [0.25, 0.3) is 0 Å². The van der Waals surface area contributed by atoms with Gasteiger partial charge in [-0.1, -0.05) is 62.2 Å². The first-order chi connectivity index (χ1) is 6.90. The van der Waals surface area contributed by atoms with Crippen LogP contribution in [0.25, 0.3) is 0 Å². The van der Waals surface area contributed by atoms with Crippen molar-refractivity contribution in [1.29, 1.82) is 0 Å². The molecule has 0 amide bonds. The van der Waals surface area contributed by atoms with Crippen LogP contribution in [-0.2, 0) is 6.32 Å². The summed E-state index contributed by atoms with van der Waals surface area (Å²) in [6, 6.07) is 7.49. The SMILES string of the molecule is CC(C)(C)BCc1ccccc1B(O)O. The Morgan fingerprint density at radius 1 is 1.20 bits per heavy atom. The quantitative estimate of drug-likeness (QED) is 0.704. The molecule has 0 radical (unpaired) electrons. The molecule has 0 bridgehead atoms. The molecule has 0 unspecified atom stereocenters. The number of hydrogen-bond acceptors (Lipinski definition) is 2. The molecule has 0 aliphatic heterocycles. The summed E-state index contributed by atoms with van der Waals surface area (Å²) < 4.78 is 0. The van der Waals surface area contributed by atoms with Gasteiger partial charge in [-0.2, -0.15) is 0 Å². The Labute approximate surface area is 92.7 Å². The van der Waals surface area contributed by atoms with Gasteiger partial charge < -0.3 is 10.0 Å². The fourth-order valence-corrected chi connectivity index (χ4v) is 1.52. The van der Waals surface area contributed by atoms with Crippen LogP contribution in [0.5, 0.6) is 0 Å². The van der Waals surface area contributed by atoms with E-state index in [0.29, 0.717) is 5.46 Å². The van der Waals surface area contributed by atoms with E-state index in [1.165, 1.54) is 0 Å². The van der Waals surface area contributed by atoms with Crippen LogP contribution < -0.4 is 5.46 Å². The van der Waals surface area contributed by atoms with E-state index >= 15 is 0 Å². The van der Waals surface area contributed by atoms with Crippen molar-refractivity contribution in [1.82, 2.24) is 0 Å². The third-order valence-electron chi connectivity index (χ3n) is 2.48. The highest BCUT2D eigenvalue weighted by Gasteiger charge is 2.18. The average molecular weight is 204 g/mol. The van der Waals surface area contributed by atoms with Crippen LogP contribution in [0, 0.1) is 0 Å². The van der Waals surface area contributed by atoms with Gasteiger partial charge in [0.2, 0.25) is 0 Å². The molecule has 0 saturated carbocycles. The lowest BCUT2D eigenvalue weighted by Gasteiger charge is -2.17. The highest BCUT2D eigenvalue weighted by atomic mass is 16.4. The molecule has 1 aromatic carbocycles. The van der Waals surface area contributed by atoms with Crippen molar-refractivity contribution in [2.45, 2.75) is 32.4 Å². The highest BCUT2D eigenvalue weighted by Crippen LogP contribution is 2.21. The summed E-state index contributed by atoms with van der Waals surface area (Å²) in [7, 11) is -0.322. The zero-order valence-electron chi connectivity index (χ0n) is 9.70. The van der Waals surface area contributed by atoms with E-state index in [2.05, 4.69) is 20.8 Å². The molecule has 80 valence electrons. The lowest BCUT2D eigenvalue weighted by molar-refractivity contribution is 0.425. The molecule has 4 heteroatoms. The molecule has 0 saturated heterocycles. The van der Waals surface area contributed by atoms with Gasteiger partial charge in [0.05, 0.1) is 0 Å². The van der Waals surface area contributed by atoms with Crippen molar-refractivity contribution in [2.75, 3.05) is 0 Å². The molecule has 0 spiro atoms. The summed E-state index contributed by atoms with van der Waals surface area (Å²) in [5.41, 5.74) is 1.66. The Kier molecular flexibility index (Phi) is 4.00. The number of benzene rings is 1. The smallest absolute Gasteiger partial charge is 0.423 e. The van der Waals surface area contributed by atoms with Crippen LogP contribution in [0.4, 0.5) is 0 Å². The predicted molar refractivity (Wildman–Crippen MR) is 66.8 cm³/mol. The Balaban J connectivity index is 2.76. The molecule has 2 nitrogen and oxygen atoms in total. The molecule has 0 aliphatic rings. The maximum atomic E-state index is 9.19. The van der Waals surface area contributed by atoms with Gasteiger partial charge in [-0.05, 0) is 5.46 Å². The zero-order chi connectivity index (χ0) is 11.5. The van der Waals surface area contributed by atoms with Crippen molar-refractivity contribution in [2.24, 2.45) is 0 Å². The van der Waals surface area contributed by atoms with E-state index in [0.717, 1.165) is 19.2 Å². The Morgan fingerprint density at radius 3 is 2.33 bits per heavy atom. The summed E-state index contributed by atoms with van der Waals surface area (Å²) in [5, 5.41) is 18.7. The second-order valence-corrected chi connectivity index (χ2v) is 5.13. The first kappa shape index (κ1) is 12.3. The molecule has 1 rings (SSSR count). The minimum atomic E-state index is -1.36. The summed E-state index contributed by atoms with van der Waals surface area (Å²) in [6.45, 7) is 6.56. The van der Waals surface area contributed by atoms with Crippen LogP contribution in [0.15, 0.2) is 24.3 Å². The van der Waals surface area contributed by atoms with Crippen LogP contribution >= 0.6 is 0 Å². The standard InChI is InChI=1S/C11H18B2O2/c1-11(2,3)12-8-9-6-4-5-7-10(9)13(14)15/h4-7,12,14-15H,8H2,1-3H3. The van der Waals surface area contributed by atoms with Crippen molar-refractivity contribution >= 4 is 19.9 Å². The normalized spacial score (nSPS) is 11.3. The van der Waals surface area contributed by atoms with Gasteiger partial charge in [-0.3, -0.25) is 0 Å². The molecule has 0 atom stereocenters. The third kappa shape index (κ3) is 4.10. The lowest BCUT2D eigenvalue weighted by atomic mass is 9.51. The Morgan fingerprint density at radius 2 is 1.80 bits per heavy atom. The van der Waals surface area contributed by atoms with Crippen molar-refractivity contribution in [3.8, 4) is 0 Å². The largest absolute Gasteiger partial charge is 0.488 e. The van der Waals surface area contributed by atoms with Crippen molar-refractivity contribution in [3.05, 3.63) is 29.8 Å². The summed E-state index contributed by atoms with van der Waals surface area (Å²) in [4.78, 5) is 0. The molecule has 2 N–H and O–H groups in total. The molecule has 15 heavy (non-hydrogen) atoms. The second-order valence-electron chi connectivity index (χ2n) is 5.13. The summed E-state index contributed by atoms with van der Waals surface area (Å²) in [6.07, 6.45) is 0.886. The third-order valence-corrected chi connectivity index (χ3v) is 2.48. The van der Waals surface area contributed by atoms with Crippen molar-refractivity contribution < 1.29 is 10.0 Å². The van der Waals surface area contributed by atoms with E-state index in [-0.39, 0.29) is 5.31 Å². The molecule has 1 aromatic rings. The van der Waals surface area contributed by atoms with E-state index in [9.17, 15) is 10.0 Å². The number of hydrogen-bond donors (Lipinski definition) is 2. The molecule has 0 heterocycles. The Hall–Kier alpha value is -0.730. The molecule has 0 aliphatic carbocycles. The van der Waals surface area contributed by atoms with Crippen molar-refractivity contribution in [3.63, 3.8) is 0 Å². The number of rotatable bonds is 3. The first-order valence-corrected chi connectivity index (χ1v) is 5.34. The maximum absolute atomic E-state index is 9.19. The van der Waals surface area contributed by atoms with Gasteiger partial charge in [0.15, 0.2) is 0 Å². The van der Waals surface area contributed by atoms with E-state index in [1.54, 1.807) is 6.07 Å². The Bertz CT molecular complexity index is 319. The van der Waals surface area contributed by atoms with Crippen LogP contribution in [-0.4, -0.2) is 24.4 Å². The van der Waals surface area contributed by atoms with Gasteiger partial charge in [0.1, 0.15) is 7.28 Å². The minimum Gasteiger partial charge on any atom is -0.423 e. The van der Waals surface area contributed by atoms with Gasteiger partial charge >= 0.3 is 7.12 Å². The topological polar surface area (TPSA) is 40.5 Å². The van der Waals surface area contributed by atoms with E-state index in [1.807, 2.05) is 18.2 Å². The zero-order valence-corrected chi connectivity index (χ0v) is 9.70. The first-order valence-electron chi connectivity index (χ1n) is 5.34. The fraction of sp³-hybridized carbons (Fsp3) is 0.455. The van der Waals surface area contributed by atoms with E-state index < -0.39 is 7.12 Å². The minimum absolute atomic E-state index is 0.271. The lowest BCUT2D eigenvalue weighted by Crippen LogP contribution is -2.33. The molecule has 0 aromatic heterocycles. The van der Waals surface area contributed by atoms with Gasteiger partial charge in [-0.25, -0.2) is 0 Å². The molecule has 0 fully saturated rings. The van der Waals surface area contributed by atoms with E-state index in [4.69, 9.17) is 0 Å². The second kappa shape index (κ2) is 4.86. The average Bonchev–Trinajstić information content (AvgIpc) is 2.14. The van der Waals surface area contributed by atoms with Crippen LogP contribution in [0.2, 0.25) is 5.31 Å². The monoisotopic (exact) mass is 204 g/mol. The van der Waals surface area contributed by atoms with Crippen LogP contribution in [0.3, 0.4) is 0 Å².